The van der Waals surface area contributed by atoms with Gasteiger partial charge in [-0.25, -0.2) is 14.3 Å². The highest BCUT2D eigenvalue weighted by atomic mass is 16.5. The Morgan fingerprint density at radius 3 is 2.45 bits per heavy atom. The van der Waals surface area contributed by atoms with Gasteiger partial charge in [-0.2, -0.15) is 0 Å². The van der Waals surface area contributed by atoms with Crippen LogP contribution in [0.3, 0.4) is 0 Å². The van der Waals surface area contributed by atoms with Crippen LogP contribution in [-0.2, 0) is 21.4 Å². The van der Waals surface area contributed by atoms with Crippen LogP contribution in [-0.4, -0.2) is 47.6 Å². The first-order valence-electron chi connectivity index (χ1n) is 12.6. The van der Waals surface area contributed by atoms with Gasteiger partial charge in [0.15, 0.2) is 18.1 Å². The third kappa shape index (κ3) is 5.55. The van der Waals surface area contributed by atoms with Gasteiger partial charge in [0.1, 0.15) is 5.69 Å². The molecule has 40 heavy (non-hydrogen) atoms. The molecule has 0 spiro atoms. The monoisotopic (exact) mass is 549 g/mol. The van der Waals surface area contributed by atoms with Crippen LogP contribution in [0.4, 0.5) is 10.5 Å². The highest BCUT2D eigenvalue weighted by molar-refractivity contribution is 5.95. The van der Waals surface area contributed by atoms with E-state index in [9.17, 15) is 19.2 Å². The molecule has 12 nitrogen and oxygen atoms in total. The molecule has 2 aromatic carbocycles. The number of benzene rings is 2. The Morgan fingerprint density at radius 1 is 1.05 bits per heavy atom. The van der Waals surface area contributed by atoms with Gasteiger partial charge in [0.2, 0.25) is 0 Å². The molecule has 0 fully saturated rings. The lowest BCUT2D eigenvalue weighted by atomic mass is 9.95. The van der Waals surface area contributed by atoms with Crippen LogP contribution in [0.2, 0.25) is 0 Å². The molecular formula is C28H31N5O7. The van der Waals surface area contributed by atoms with E-state index in [1.54, 1.807) is 62.8 Å². The molecule has 210 valence electrons. The zero-order valence-electron chi connectivity index (χ0n) is 22.9. The smallest absolute Gasteiger partial charge is 0.338 e. The number of carbonyl (C=O) groups is 3. The Kier molecular flexibility index (Phi) is 8.27. The highest BCUT2D eigenvalue weighted by Gasteiger charge is 2.32. The zero-order valence-corrected chi connectivity index (χ0v) is 22.9. The fourth-order valence-electron chi connectivity index (χ4n) is 4.44. The van der Waals surface area contributed by atoms with E-state index in [4.69, 9.17) is 14.2 Å². The summed E-state index contributed by atoms with van der Waals surface area (Å²) in [6.45, 7) is 4.83. The van der Waals surface area contributed by atoms with Crippen molar-refractivity contribution in [3.63, 3.8) is 0 Å². The van der Waals surface area contributed by atoms with Crippen molar-refractivity contribution in [2.75, 3.05) is 25.6 Å². The van der Waals surface area contributed by atoms with Crippen molar-refractivity contribution in [3.8, 4) is 17.2 Å². The van der Waals surface area contributed by atoms with E-state index in [-0.39, 0.29) is 34.9 Å². The number of rotatable bonds is 9. The van der Waals surface area contributed by atoms with Crippen LogP contribution in [0.1, 0.15) is 31.1 Å². The maximum atomic E-state index is 13.1. The molecule has 4 rings (SSSR count). The Bertz CT molecular complexity index is 1540. The number of allylic oxidation sites excluding steroid dienone is 1. The van der Waals surface area contributed by atoms with Gasteiger partial charge >= 0.3 is 12.0 Å². The normalized spacial score (nSPS) is 14.7. The van der Waals surface area contributed by atoms with Crippen molar-refractivity contribution < 1.29 is 28.6 Å². The summed E-state index contributed by atoms with van der Waals surface area (Å²) in [4.78, 5) is 50.6. The van der Waals surface area contributed by atoms with Gasteiger partial charge in [-0.1, -0.05) is 24.3 Å². The van der Waals surface area contributed by atoms with Crippen LogP contribution in [0, 0.1) is 6.92 Å². The number of nitrogens with one attached hydrogen (secondary N) is 3. The fraction of sp³-hybridized carbons (Fsp3) is 0.286. The molecule has 1 atom stereocenters. The summed E-state index contributed by atoms with van der Waals surface area (Å²) in [5, 5.41) is 7.96. The third-order valence-corrected chi connectivity index (χ3v) is 6.46. The molecule has 3 aromatic rings. The van der Waals surface area contributed by atoms with Gasteiger partial charge in [-0.05, 0) is 50.6 Å². The van der Waals surface area contributed by atoms with Gasteiger partial charge in [0, 0.05) is 12.7 Å². The predicted octanol–water partition coefficient (Wildman–Crippen LogP) is 2.70. The van der Waals surface area contributed by atoms with Crippen molar-refractivity contribution in [3.05, 3.63) is 81.4 Å². The van der Waals surface area contributed by atoms with Gasteiger partial charge in [-0.15, -0.1) is 0 Å². The molecule has 1 aromatic heterocycles. The van der Waals surface area contributed by atoms with E-state index < -0.39 is 30.6 Å². The Morgan fingerprint density at radius 2 is 1.77 bits per heavy atom. The highest BCUT2D eigenvalue weighted by Crippen LogP contribution is 2.34. The van der Waals surface area contributed by atoms with Gasteiger partial charge in [-0.3, -0.25) is 14.3 Å². The largest absolute Gasteiger partial charge is 0.493 e. The molecule has 0 bridgehead atoms. The molecule has 1 aliphatic rings. The lowest BCUT2D eigenvalue weighted by Crippen LogP contribution is -2.45. The first kappa shape index (κ1) is 28.0. The summed E-state index contributed by atoms with van der Waals surface area (Å²) in [5.74, 6) is -0.560. The maximum absolute atomic E-state index is 13.1. The number of hydrogen-bond donors (Lipinski definition) is 3. The van der Waals surface area contributed by atoms with Gasteiger partial charge in [0.05, 0.1) is 36.7 Å². The summed E-state index contributed by atoms with van der Waals surface area (Å²) >= 11 is 0. The average Bonchev–Trinajstić information content (AvgIpc) is 3.14. The first-order valence-corrected chi connectivity index (χ1v) is 12.6. The van der Waals surface area contributed by atoms with Gasteiger partial charge < -0.3 is 30.2 Å². The van der Waals surface area contributed by atoms with E-state index >= 15 is 0 Å². The number of anilines is 1. The minimum Gasteiger partial charge on any atom is -0.493 e. The number of carbonyl (C=O) groups excluding carboxylic acids is 3. The average molecular weight is 550 g/mol. The van der Waals surface area contributed by atoms with E-state index in [2.05, 4.69) is 16.0 Å². The quantitative estimate of drug-likeness (QED) is 0.349. The minimum absolute atomic E-state index is 0.151. The predicted molar refractivity (Wildman–Crippen MR) is 147 cm³/mol. The number of ether oxygens (including phenoxy) is 3. The Hall–Kier alpha value is -5.00. The van der Waals surface area contributed by atoms with Crippen molar-refractivity contribution in [2.45, 2.75) is 26.8 Å². The molecule has 3 amide bonds. The number of para-hydroxylation sites is 1. The number of methoxy groups -OCH3 is 1. The van der Waals surface area contributed by atoms with Crippen LogP contribution < -0.4 is 31.0 Å². The number of amides is 3. The summed E-state index contributed by atoms with van der Waals surface area (Å²) < 4.78 is 19.5. The lowest BCUT2D eigenvalue weighted by Gasteiger charge is -2.28. The second-order valence-corrected chi connectivity index (χ2v) is 8.97. The van der Waals surface area contributed by atoms with Crippen LogP contribution in [0.25, 0.3) is 5.69 Å². The maximum Gasteiger partial charge on any atom is 0.338 e. The van der Waals surface area contributed by atoms with E-state index in [0.29, 0.717) is 22.6 Å². The number of esters is 1. The SMILES string of the molecule is CCOC(=O)C1=C(C)NC(=O)N[C@H]1c1ccc(OCC(=O)Nc2c(C)n(C)n(-c3ccccc3)c2=O)c(OC)c1. The standard InChI is InChI=1S/C28H31N5O7/c1-6-39-27(36)23-16(2)29-28(37)31-25(23)18-12-13-20(21(14-18)38-5)40-15-22(34)30-24-17(3)32(4)33(26(24)35)19-10-8-7-9-11-19/h7-14,25H,6,15H2,1-5H3,(H,30,34)(H2,29,31,37)/t25-/m0/s1. The molecule has 0 aliphatic carbocycles. The van der Waals surface area contributed by atoms with E-state index in [1.807, 2.05) is 18.2 Å². The van der Waals surface area contributed by atoms with Crippen LogP contribution in [0.5, 0.6) is 11.5 Å². The molecule has 1 aliphatic heterocycles. The number of aromatic nitrogens is 2. The molecule has 0 saturated heterocycles. The molecule has 0 saturated carbocycles. The van der Waals surface area contributed by atoms with Gasteiger partial charge in [0.25, 0.3) is 11.5 Å². The number of hydrogen-bond acceptors (Lipinski definition) is 7. The summed E-state index contributed by atoms with van der Waals surface area (Å²) in [5.41, 5.74) is 2.22. The summed E-state index contributed by atoms with van der Waals surface area (Å²) in [6.07, 6.45) is 0. The summed E-state index contributed by atoms with van der Waals surface area (Å²) in [6, 6.07) is 12.7. The van der Waals surface area contributed by atoms with Crippen LogP contribution in [0.15, 0.2) is 64.6 Å². The number of urea groups is 1. The topological polar surface area (TPSA) is 142 Å². The fourth-order valence-corrected chi connectivity index (χ4v) is 4.44. The van der Waals surface area contributed by atoms with E-state index in [1.165, 1.54) is 11.8 Å². The van der Waals surface area contributed by atoms with Crippen LogP contribution >= 0.6 is 0 Å². The molecule has 2 heterocycles. The van der Waals surface area contributed by atoms with Crippen molar-refractivity contribution in [1.29, 1.82) is 0 Å². The summed E-state index contributed by atoms with van der Waals surface area (Å²) in [7, 11) is 3.16. The lowest BCUT2D eigenvalue weighted by molar-refractivity contribution is -0.139. The minimum atomic E-state index is -0.785. The third-order valence-electron chi connectivity index (χ3n) is 6.46. The van der Waals surface area contributed by atoms with Crippen molar-refractivity contribution >= 4 is 23.6 Å². The molecule has 0 unspecified atom stereocenters. The Balaban J connectivity index is 1.51. The van der Waals surface area contributed by atoms with Crippen molar-refractivity contribution in [1.82, 2.24) is 20.0 Å². The second kappa shape index (κ2) is 11.8. The second-order valence-electron chi connectivity index (χ2n) is 8.97. The zero-order chi connectivity index (χ0) is 29.0. The molecule has 0 radical (unpaired) electrons. The molecular weight excluding hydrogens is 518 g/mol. The first-order chi connectivity index (χ1) is 19.2. The molecule has 3 N–H and O–H groups in total. The molecule has 12 heteroatoms. The number of nitrogens with zero attached hydrogens (tertiary/aromatic N) is 2. The Labute approximate surface area is 230 Å². The van der Waals surface area contributed by atoms with Crippen molar-refractivity contribution in [2.24, 2.45) is 7.05 Å². The van der Waals surface area contributed by atoms with E-state index in [0.717, 1.165) is 0 Å².